The number of hydrogen-bond donors (Lipinski definition) is 3. The molecule has 7 heteroatoms. The van der Waals surface area contributed by atoms with Crippen LogP contribution >= 0.6 is 0 Å². The van der Waals surface area contributed by atoms with E-state index in [0.717, 1.165) is 18.9 Å². The predicted molar refractivity (Wildman–Crippen MR) is 83.9 cm³/mol. The smallest absolute Gasteiger partial charge is 0.158 e. The van der Waals surface area contributed by atoms with Crippen molar-refractivity contribution in [1.29, 1.82) is 0 Å². The van der Waals surface area contributed by atoms with Crippen LogP contribution in [0.5, 0.6) is 0 Å². The maximum absolute atomic E-state index is 5.46. The molecule has 0 bridgehead atoms. The second-order valence-electron chi connectivity index (χ2n) is 5.49. The minimum Gasteiger partial charge on any atom is -0.374 e. The molecule has 2 heterocycles. The predicted octanol–water partition coefficient (Wildman–Crippen LogP) is 1.05. The summed E-state index contributed by atoms with van der Waals surface area (Å²) < 4.78 is 5.35. The summed E-state index contributed by atoms with van der Waals surface area (Å²) in [7, 11) is 2.17. The molecule has 4 N–H and O–H groups in total. The molecule has 1 aromatic heterocycles. The van der Waals surface area contributed by atoms with Gasteiger partial charge in [0.1, 0.15) is 18.2 Å². The molecule has 0 radical (unpaired) electrons. The second-order valence-corrected chi connectivity index (χ2v) is 5.49. The van der Waals surface area contributed by atoms with Crippen LogP contribution in [0, 0.1) is 5.92 Å². The van der Waals surface area contributed by atoms with Crippen molar-refractivity contribution in [2.45, 2.75) is 26.4 Å². The van der Waals surface area contributed by atoms with Crippen molar-refractivity contribution in [2.24, 2.45) is 11.8 Å². The monoisotopic (exact) mass is 294 g/mol. The van der Waals surface area contributed by atoms with Crippen LogP contribution in [0.25, 0.3) is 0 Å². The van der Waals surface area contributed by atoms with Gasteiger partial charge >= 0.3 is 0 Å². The number of hydrogen-bond acceptors (Lipinski definition) is 7. The molecule has 1 aliphatic rings. The molecule has 0 aliphatic carbocycles. The molecule has 1 saturated heterocycles. The van der Waals surface area contributed by atoms with Crippen LogP contribution < -0.4 is 16.6 Å². The Morgan fingerprint density at radius 3 is 2.95 bits per heavy atom. The van der Waals surface area contributed by atoms with E-state index in [9.17, 15) is 0 Å². The molecule has 0 saturated carbocycles. The number of nitrogen functional groups attached to an aromatic ring is 1. The fraction of sp³-hybridized carbons (Fsp3) is 0.714. The van der Waals surface area contributed by atoms with Crippen LogP contribution in [0.1, 0.15) is 25.6 Å². The van der Waals surface area contributed by atoms with E-state index in [2.05, 4.69) is 32.7 Å². The number of piperidine rings is 1. The quantitative estimate of drug-likeness (QED) is 0.512. The lowest BCUT2D eigenvalue weighted by Gasteiger charge is -2.29. The van der Waals surface area contributed by atoms with E-state index >= 15 is 0 Å². The zero-order valence-electron chi connectivity index (χ0n) is 12.9. The van der Waals surface area contributed by atoms with Crippen molar-refractivity contribution in [2.75, 3.05) is 44.0 Å². The van der Waals surface area contributed by atoms with Gasteiger partial charge in [0, 0.05) is 25.8 Å². The van der Waals surface area contributed by atoms with Crippen molar-refractivity contribution in [1.82, 2.24) is 14.9 Å². The topological polar surface area (TPSA) is 88.3 Å². The van der Waals surface area contributed by atoms with Gasteiger partial charge in [-0.05, 0) is 39.3 Å². The highest BCUT2D eigenvalue weighted by atomic mass is 16.5. The first-order valence-electron chi connectivity index (χ1n) is 7.56. The van der Waals surface area contributed by atoms with Gasteiger partial charge in [0.15, 0.2) is 5.82 Å². The Labute approximate surface area is 126 Å². The highest BCUT2D eigenvalue weighted by Crippen LogP contribution is 2.17. The number of anilines is 2. The van der Waals surface area contributed by atoms with E-state index in [-0.39, 0.29) is 0 Å². The third kappa shape index (κ3) is 5.11. The summed E-state index contributed by atoms with van der Waals surface area (Å²) in [6, 6.07) is 1.82. The average Bonchev–Trinajstić information content (AvgIpc) is 2.51. The number of aromatic nitrogens is 2. The summed E-state index contributed by atoms with van der Waals surface area (Å²) in [5.41, 5.74) is 2.57. The average molecular weight is 294 g/mol. The van der Waals surface area contributed by atoms with Crippen LogP contribution in [0.4, 0.5) is 11.6 Å². The molecule has 0 amide bonds. The van der Waals surface area contributed by atoms with E-state index in [1.165, 1.54) is 19.4 Å². The van der Waals surface area contributed by atoms with E-state index in [0.29, 0.717) is 30.8 Å². The summed E-state index contributed by atoms with van der Waals surface area (Å²) in [5, 5.41) is 3.40. The number of nitrogens with zero attached hydrogens (tertiary/aromatic N) is 3. The molecule has 2 rings (SSSR count). The second kappa shape index (κ2) is 8.11. The van der Waals surface area contributed by atoms with Crippen LogP contribution in [0.2, 0.25) is 0 Å². The lowest BCUT2D eigenvalue weighted by molar-refractivity contribution is 0.128. The Bertz CT molecular complexity index is 441. The maximum Gasteiger partial charge on any atom is 0.158 e. The number of nitrogens with two attached hydrogens (primary N) is 1. The van der Waals surface area contributed by atoms with E-state index in [1.807, 2.05) is 13.0 Å². The van der Waals surface area contributed by atoms with Gasteiger partial charge in [-0.2, -0.15) is 0 Å². The standard InChI is InChI=1S/C14H26N6O/c1-3-21-10-14-17-12(7-13(18-14)19-15)16-8-11-5-4-6-20(2)9-11/h7,11H,3-6,8-10,15H2,1-2H3,(H2,16,17,18,19). The third-order valence-corrected chi connectivity index (χ3v) is 3.65. The summed E-state index contributed by atoms with van der Waals surface area (Å²) in [6.07, 6.45) is 2.52. The van der Waals surface area contributed by atoms with Crippen molar-refractivity contribution >= 4 is 11.6 Å². The Morgan fingerprint density at radius 1 is 1.43 bits per heavy atom. The third-order valence-electron chi connectivity index (χ3n) is 3.65. The van der Waals surface area contributed by atoms with Gasteiger partial charge in [-0.1, -0.05) is 0 Å². The van der Waals surface area contributed by atoms with Crippen LogP contribution in [-0.2, 0) is 11.3 Å². The number of likely N-dealkylation sites (tertiary alicyclic amines) is 1. The maximum atomic E-state index is 5.46. The molecule has 1 aliphatic heterocycles. The number of nitrogens with one attached hydrogen (secondary N) is 2. The molecule has 118 valence electrons. The summed E-state index contributed by atoms with van der Waals surface area (Å²) in [4.78, 5) is 11.1. The van der Waals surface area contributed by atoms with Crippen LogP contribution in [-0.4, -0.2) is 48.2 Å². The number of ether oxygens (including phenoxy) is 1. The molecule has 7 nitrogen and oxygen atoms in total. The van der Waals surface area contributed by atoms with Gasteiger partial charge in [-0.15, -0.1) is 0 Å². The fourth-order valence-electron chi connectivity index (χ4n) is 2.61. The lowest BCUT2D eigenvalue weighted by atomic mass is 9.98. The Kier molecular flexibility index (Phi) is 6.16. The molecule has 1 unspecified atom stereocenters. The molecule has 21 heavy (non-hydrogen) atoms. The first-order chi connectivity index (χ1) is 10.2. The fourth-order valence-corrected chi connectivity index (χ4v) is 2.61. The van der Waals surface area contributed by atoms with Crippen molar-refractivity contribution in [3.05, 3.63) is 11.9 Å². The summed E-state index contributed by atoms with van der Waals surface area (Å²) in [6.45, 7) is 6.23. The van der Waals surface area contributed by atoms with Gasteiger partial charge in [0.05, 0.1) is 0 Å². The van der Waals surface area contributed by atoms with Crippen molar-refractivity contribution in [3.63, 3.8) is 0 Å². The minimum absolute atomic E-state index is 0.396. The molecule has 1 atom stereocenters. The van der Waals surface area contributed by atoms with Gasteiger partial charge in [0.2, 0.25) is 0 Å². The van der Waals surface area contributed by atoms with E-state index in [4.69, 9.17) is 10.6 Å². The molecule has 1 fully saturated rings. The number of rotatable bonds is 7. The van der Waals surface area contributed by atoms with E-state index < -0.39 is 0 Å². The normalized spacial score (nSPS) is 19.5. The van der Waals surface area contributed by atoms with Crippen LogP contribution in [0.3, 0.4) is 0 Å². The molecule has 0 aromatic carbocycles. The Hall–Kier alpha value is -1.44. The largest absolute Gasteiger partial charge is 0.374 e. The summed E-state index contributed by atoms with van der Waals surface area (Å²) >= 11 is 0. The van der Waals surface area contributed by atoms with Gasteiger partial charge in [0.25, 0.3) is 0 Å². The Morgan fingerprint density at radius 2 is 2.24 bits per heavy atom. The minimum atomic E-state index is 0.396. The van der Waals surface area contributed by atoms with Crippen LogP contribution in [0.15, 0.2) is 6.07 Å². The highest BCUT2D eigenvalue weighted by Gasteiger charge is 2.17. The molecule has 1 aromatic rings. The summed E-state index contributed by atoms with van der Waals surface area (Å²) in [5.74, 6) is 8.14. The zero-order valence-corrected chi connectivity index (χ0v) is 12.9. The van der Waals surface area contributed by atoms with Gasteiger partial charge in [-0.25, -0.2) is 15.8 Å². The van der Waals surface area contributed by atoms with Gasteiger partial charge < -0.3 is 20.4 Å². The molecular weight excluding hydrogens is 268 g/mol. The lowest BCUT2D eigenvalue weighted by Crippen LogP contribution is -2.35. The zero-order chi connectivity index (χ0) is 15.1. The molecular formula is C14H26N6O. The number of hydrazine groups is 1. The SMILES string of the molecule is CCOCc1nc(NN)cc(NCC2CCCN(C)C2)n1. The first-order valence-corrected chi connectivity index (χ1v) is 7.56. The molecule has 0 spiro atoms. The highest BCUT2D eigenvalue weighted by molar-refractivity contribution is 5.46. The van der Waals surface area contributed by atoms with Crippen molar-refractivity contribution < 1.29 is 4.74 Å². The van der Waals surface area contributed by atoms with E-state index in [1.54, 1.807) is 0 Å². The van der Waals surface area contributed by atoms with Crippen molar-refractivity contribution in [3.8, 4) is 0 Å². The first kappa shape index (κ1) is 15.9. The van der Waals surface area contributed by atoms with Gasteiger partial charge in [-0.3, -0.25) is 0 Å². The Balaban J connectivity index is 1.94.